The largest absolute Gasteiger partial charge is 0.348 e. The molecule has 1 unspecified atom stereocenters. The Morgan fingerprint density at radius 2 is 2.05 bits per heavy atom. The van der Waals surface area contributed by atoms with Crippen LogP contribution in [0.4, 0.5) is 4.39 Å². The number of hydrogen-bond acceptors (Lipinski definition) is 2. The fourth-order valence-electron chi connectivity index (χ4n) is 2.99. The Hall–Kier alpha value is -1.13. The summed E-state index contributed by atoms with van der Waals surface area (Å²) < 4.78 is 13.3. The van der Waals surface area contributed by atoms with Crippen molar-refractivity contribution in [1.29, 1.82) is 0 Å². The van der Waals surface area contributed by atoms with Crippen LogP contribution in [0, 0.1) is 18.7 Å². The molecule has 1 aliphatic rings. The fourth-order valence-corrected chi connectivity index (χ4v) is 2.99. The summed E-state index contributed by atoms with van der Waals surface area (Å²) in [4.78, 5) is 12.3. The Bertz CT molecular complexity index is 475. The zero-order valence-electron chi connectivity index (χ0n) is 12.4. The van der Waals surface area contributed by atoms with Gasteiger partial charge in [-0.2, -0.15) is 0 Å². The van der Waals surface area contributed by atoms with Gasteiger partial charge < -0.3 is 11.1 Å². The van der Waals surface area contributed by atoms with Gasteiger partial charge >= 0.3 is 0 Å². The van der Waals surface area contributed by atoms with Crippen LogP contribution in [-0.4, -0.2) is 18.5 Å². The molecule has 1 amide bonds. The third kappa shape index (κ3) is 4.68. The first kappa shape index (κ1) is 17.9. The maximum Gasteiger partial charge on any atom is 0.251 e. The quantitative estimate of drug-likeness (QED) is 0.896. The van der Waals surface area contributed by atoms with Crippen LogP contribution in [0.15, 0.2) is 18.2 Å². The molecule has 0 radical (unpaired) electrons. The highest BCUT2D eigenvalue weighted by Crippen LogP contribution is 2.26. The minimum atomic E-state index is -0.386. The van der Waals surface area contributed by atoms with Gasteiger partial charge in [0.1, 0.15) is 5.82 Å². The van der Waals surface area contributed by atoms with Gasteiger partial charge in [0.2, 0.25) is 0 Å². The summed E-state index contributed by atoms with van der Waals surface area (Å²) in [5.41, 5.74) is 6.99. The van der Waals surface area contributed by atoms with Gasteiger partial charge in [0.15, 0.2) is 0 Å². The molecule has 0 saturated heterocycles. The van der Waals surface area contributed by atoms with Crippen molar-refractivity contribution in [1.82, 2.24) is 5.32 Å². The lowest BCUT2D eigenvalue weighted by Gasteiger charge is -2.30. The molecule has 118 valence electrons. The normalized spacial score (nSPS) is 16.9. The summed E-state index contributed by atoms with van der Waals surface area (Å²) in [6, 6.07) is 4.28. The molecule has 21 heavy (non-hydrogen) atoms. The Morgan fingerprint density at radius 1 is 1.38 bits per heavy atom. The SMILES string of the molecule is Cc1ccc(F)cc1C(=O)NC(CN)C1CCCCC1.Cl. The Morgan fingerprint density at radius 3 is 2.67 bits per heavy atom. The molecule has 0 aliphatic heterocycles. The second-order valence-electron chi connectivity index (χ2n) is 5.67. The number of carbonyl (C=O) groups excluding carboxylic acids is 1. The average Bonchev–Trinajstić information content (AvgIpc) is 2.48. The molecule has 0 bridgehead atoms. The Balaban J connectivity index is 0.00000220. The molecule has 1 aliphatic carbocycles. The predicted molar refractivity (Wildman–Crippen MR) is 85.3 cm³/mol. The molecular weight excluding hydrogens is 291 g/mol. The van der Waals surface area contributed by atoms with E-state index in [1.54, 1.807) is 6.07 Å². The maximum atomic E-state index is 13.3. The number of rotatable bonds is 4. The number of aryl methyl sites for hydroxylation is 1. The zero-order chi connectivity index (χ0) is 14.5. The van der Waals surface area contributed by atoms with Crippen molar-refractivity contribution >= 4 is 18.3 Å². The van der Waals surface area contributed by atoms with Crippen molar-refractivity contribution in [3.05, 3.63) is 35.1 Å². The molecule has 2 rings (SSSR count). The lowest BCUT2D eigenvalue weighted by molar-refractivity contribution is 0.0914. The van der Waals surface area contributed by atoms with E-state index in [0.717, 1.165) is 18.4 Å². The summed E-state index contributed by atoms with van der Waals surface area (Å²) in [5.74, 6) is -0.155. The van der Waals surface area contributed by atoms with E-state index in [2.05, 4.69) is 5.32 Å². The van der Waals surface area contributed by atoms with Crippen LogP contribution in [0.5, 0.6) is 0 Å². The Kier molecular flexibility index (Phi) is 7.12. The van der Waals surface area contributed by atoms with Crippen molar-refractivity contribution in [2.75, 3.05) is 6.54 Å². The first-order chi connectivity index (χ1) is 9.61. The van der Waals surface area contributed by atoms with Crippen LogP contribution in [0.1, 0.15) is 48.0 Å². The highest BCUT2D eigenvalue weighted by molar-refractivity contribution is 5.95. The number of halogens is 2. The highest BCUT2D eigenvalue weighted by Gasteiger charge is 2.24. The molecule has 1 aromatic carbocycles. The first-order valence-corrected chi connectivity index (χ1v) is 7.39. The van der Waals surface area contributed by atoms with E-state index in [1.807, 2.05) is 6.92 Å². The van der Waals surface area contributed by atoms with Crippen LogP contribution < -0.4 is 11.1 Å². The number of nitrogens with one attached hydrogen (secondary N) is 1. The minimum absolute atomic E-state index is 0. The highest BCUT2D eigenvalue weighted by atomic mass is 35.5. The van der Waals surface area contributed by atoms with Crippen LogP contribution in [-0.2, 0) is 0 Å². The molecule has 1 aromatic rings. The third-order valence-electron chi connectivity index (χ3n) is 4.23. The topological polar surface area (TPSA) is 55.1 Å². The van der Waals surface area contributed by atoms with Crippen LogP contribution in [0.25, 0.3) is 0 Å². The van der Waals surface area contributed by atoms with Gasteiger partial charge in [0.05, 0.1) is 0 Å². The van der Waals surface area contributed by atoms with E-state index in [0.29, 0.717) is 18.0 Å². The molecule has 1 saturated carbocycles. The van der Waals surface area contributed by atoms with E-state index >= 15 is 0 Å². The molecule has 0 spiro atoms. The van der Waals surface area contributed by atoms with Gasteiger partial charge in [0, 0.05) is 18.2 Å². The molecule has 1 fully saturated rings. The van der Waals surface area contributed by atoms with E-state index < -0.39 is 0 Å². The van der Waals surface area contributed by atoms with Crippen LogP contribution in [0.3, 0.4) is 0 Å². The second-order valence-corrected chi connectivity index (χ2v) is 5.67. The van der Waals surface area contributed by atoms with Gasteiger partial charge in [-0.25, -0.2) is 4.39 Å². The fraction of sp³-hybridized carbons (Fsp3) is 0.562. The zero-order valence-corrected chi connectivity index (χ0v) is 13.2. The van der Waals surface area contributed by atoms with E-state index in [9.17, 15) is 9.18 Å². The molecule has 3 N–H and O–H groups in total. The van der Waals surface area contributed by atoms with E-state index in [1.165, 1.54) is 31.4 Å². The summed E-state index contributed by atoms with van der Waals surface area (Å²) >= 11 is 0. The Labute approximate surface area is 131 Å². The molecular formula is C16H24ClFN2O. The predicted octanol–water partition coefficient (Wildman–Crippen LogP) is 3.19. The minimum Gasteiger partial charge on any atom is -0.348 e. The number of nitrogens with two attached hydrogens (primary N) is 1. The van der Waals surface area contributed by atoms with Gasteiger partial charge in [0.25, 0.3) is 5.91 Å². The molecule has 5 heteroatoms. The molecule has 0 heterocycles. The summed E-state index contributed by atoms with van der Waals surface area (Å²) in [7, 11) is 0. The lowest BCUT2D eigenvalue weighted by atomic mass is 9.83. The van der Waals surface area contributed by atoms with Crippen molar-refractivity contribution < 1.29 is 9.18 Å². The smallest absolute Gasteiger partial charge is 0.251 e. The van der Waals surface area contributed by atoms with Gasteiger partial charge in [-0.1, -0.05) is 25.3 Å². The summed E-state index contributed by atoms with van der Waals surface area (Å²) in [6.45, 7) is 2.25. The van der Waals surface area contributed by atoms with Crippen LogP contribution >= 0.6 is 12.4 Å². The van der Waals surface area contributed by atoms with E-state index in [-0.39, 0.29) is 30.2 Å². The van der Waals surface area contributed by atoms with Crippen molar-refractivity contribution in [3.8, 4) is 0 Å². The standard InChI is InChI=1S/C16H23FN2O.ClH/c1-11-7-8-13(17)9-14(11)16(20)19-15(10-18)12-5-3-2-4-6-12;/h7-9,12,15H,2-6,10,18H2,1H3,(H,19,20);1H. The molecule has 0 aromatic heterocycles. The average molecular weight is 315 g/mol. The van der Waals surface area contributed by atoms with E-state index in [4.69, 9.17) is 5.73 Å². The maximum absolute atomic E-state index is 13.3. The number of amides is 1. The monoisotopic (exact) mass is 314 g/mol. The van der Waals surface area contributed by atoms with Gasteiger partial charge in [-0.3, -0.25) is 4.79 Å². The van der Waals surface area contributed by atoms with Gasteiger partial charge in [-0.15, -0.1) is 12.4 Å². The number of hydrogen-bond donors (Lipinski definition) is 2. The second kappa shape index (κ2) is 8.35. The first-order valence-electron chi connectivity index (χ1n) is 7.39. The number of carbonyl (C=O) groups is 1. The van der Waals surface area contributed by atoms with Crippen molar-refractivity contribution in [3.63, 3.8) is 0 Å². The summed E-state index contributed by atoms with van der Waals surface area (Å²) in [5, 5.41) is 2.99. The van der Waals surface area contributed by atoms with Crippen molar-refractivity contribution in [2.24, 2.45) is 11.7 Å². The van der Waals surface area contributed by atoms with Gasteiger partial charge in [-0.05, 0) is 43.4 Å². The molecule has 1 atom stereocenters. The number of benzene rings is 1. The van der Waals surface area contributed by atoms with Crippen LogP contribution in [0.2, 0.25) is 0 Å². The summed E-state index contributed by atoms with van der Waals surface area (Å²) in [6.07, 6.45) is 5.91. The van der Waals surface area contributed by atoms with Crippen molar-refractivity contribution in [2.45, 2.75) is 45.1 Å². The molecule has 3 nitrogen and oxygen atoms in total. The lowest BCUT2D eigenvalue weighted by Crippen LogP contribution is -2.46. The third-order valence-corrected chi connectivity index (χ3v) is 4.23.